The lowest BCUT2D eigenvalue weighted by Gasteiger charge is -2.43. The van der Waals surface area contributed by atoms with Crippen LogP contribution in [-0.4, -0.2) is 101 Å². The summed E-state index contributed by atoms with van der Waals surface area (Å²) in [5.41, 5.74) is 1.91. The molecule has 43 heavy (non-hydrogen) atoms. The number of carbonyl (C=O) groups is 3. The number of halogens is 1. The number of aliphatic carboxylic acids is 1. The molecule has 3 aliphatic rings. The van der Waals surface area contributed by atoms with Crippen LogP contribution < -0.4 is 5.32 Å². The lowest BCUT2D eigenvalue weighted by Crippen LogP contribution is -2.58. The topological polar surface area (TPSA) is 128 Å². The maximum absolute atomic E-state index is 14.7. The third kappa shape index (κ3) is 6.57. The van der Waals surface area contributed by atoms with Gasteiger partial charge in [-0.1, -0.05) is 12.1 Å². The summed E-state index contributed by atoms with van der Waals surface area (Å²) in [5.74, 6) is -1.61. The molecule has 5 rings (SSSR count). The fraction of sp³-hybridized carbons (Fsp3) is 0.500. The average Bonchev–Trinajstić information content (AvgIpc) is 3.53. The number of aliphatic imine (C=N–C) groups is 1. The Kier molecular flexibility index (Phi) is 9.40. The summed E-state index contributed by atoms with van der Waals surface area (Å²) in [6, 6.07) is 3.80. The Balaban J connectivity index is 1.39. The van der Waals surface area contributed by atoms with E-state index in [9.17, 15) is 23.9 Å². The van der Waals surface area contributed by atoms with E-state index in [1.165, 1.54) is 17.4 Å². The first-order valence-corrected chi connectivity index (χ1v) is 15.5. The minimum absolute atomic E-state index is 0.0713. The van der Waals surface area contributed by atoms with Crippen LogP contribution in [0.5, 0.6) is 0 Å². The van der Waals surface area contributed by atoms with Gasteiger partial charge in [0.1, 0.15) is 11.9 Å². The number of urea groups is 1. The van der Waals surface area contributed by atoms with Crippen molar-refractivity contribution in [3.63, 3.8) is 0 Å². The number of carbonyl (C=O) groups excluding carboxylic acids is 2. The number of hydrogen-bond acceptors (Lipinski definition) is 9. The third-order valence-corrected chi connectivity index (χ3v) is 9.09. The molecular formula is C30H37FN6O5S. The number of rotatable bonds is 7. The molecule has 4 heterocycles. The fourth-order valence-corrected chi connectivity index (χ4v) is 6.54. The molecule has 0 spiro atoms. The Bertz CT molecular complexity index is 1420. The van der Waals surface area contributed by atoms with Crippen LogP contribution in [0.3, 0.4) is 0 Å². The number of nitrogens with one attached hydrogen (secondary N) is 1. The van der Waals surface area contributed by atoms with E-state index in [4.69, 9.17) is 9.73 Å². The van der Waals surface area contributed by atoms with E-state index in [1.807, 2.05) is 17.2 Å². The SMILES string of the molecule is CCOC(=O)C1=C(CN2CCN(C(=O)N3CCC(C(=O)O)CC3)[C@H](C)C2)NC(c2nccs2)=N[C@H]1c1cccc(F)c1C. The number of carboxylic acid groups (broad SMARTS) is 1. The number of ether oxygens (including phenoxy) is 1. The summed E-state index contributed by atoms with van der Waals surface area (Å²) in [5, 5.41) is 15.1. The standard InChI is InChI=1S/C30H37FN6O5S/c1-4-42-29(40)24-23(33-26(27-32-10-15-43-27)34-25(24)21-6-5-7-22(31)19(21)3)17-35-13-14-37(18(2)16-35)30(41)36-11-8-20(9-12-36)28(38)39/h5-7,10,15,18,20,25H,4,8-9,11-14,16-17H2,1-3H3,(H,33,34)(H,38,39)/t18-,25+/m1/s1. The smallest absolute Gasteiger partial charge is 0.338 e. The molecule has 2 amide bonds. The van der Waals surface area contributed by atoms with Gasteiger partial charge in [0.05, 0.1) is 18.1 Å². The predicted octanol–water partition coefficient (Wildman–Crippen LogP) is 3.42. The summed E-state index contributed by atoms with van der Waals surface area (Å²) < 4.78 is 20.2. The summed E-state index contributed by atoms with van der Waals surface area (Å²) in [6.45, 7) is 8.42. The Morgan fingerprint density at radius 1 is 1.19 bits per heavy atom. The number of amides is 2. The van der Waals surface area contributed by atoms with E-state index in [-0.39, 0.29) is 24.5 Å². The minimum Gasteiger partial charge on any atom is -0.481 e. The normalized spacial score (nSPS) is 21.8. The molecule has 11 nitrogen and oxygen atoms in total. The minimum atomic E-state index is -0.806. The van der Waals surface area contributed by atoms with Gasteiger partial charge >= 0.3 is 18.0 Å². The second kappa shape index (κ2) is 13.2. The molecule has 2 atom stereocenters. The van der Waals surface area contributed by atoms with Crippen LogP contribution in [0.25, 0.3) is 0 Å². The number of nitrogens with zero attached hydrogens (tertiary/aromatic N) is 5. The molecule has 1 aromatic heterocycles. The highest BCUT2D eigenvalue weighted by molar-refractivity contribution is 7.11. The fourth-order valence-electron chi connectivity index (χ4n) is 5.95. The van der Waals surface area contributed by atoms with Crippen LogP contribution in [-0.2, 0) is 14.3 Å². The third-order valence-electron chi connectivity index (χ3n) is 8.31. The van der Waals surface area contributed by atoms with Crippen molar-refractivity contribution in [1.29, 1.82) is 0 Å². The van der Waals surface area contributed by atoms with Crippen molar-refractivity contribution < 1.29 is 28.6 Å². The Hall–Kier alpha value is -3.84. The maximum atomic E-state index is 14.7. The zero-order valence-electron chi connectivity index (χ0n) is 24.6. The first kappa shape index (κ1) is 30.6. The van der Waals surface area contributed by atoms with Gasteiger partial charge in [-0.25, -0.2) is 19.0 Å². The average molecular weight is 613 g/mol. The molecule has 0 bridgehead atoms. The maximum Gasteiger partial charge on any atom is 0.338 e. The Labute approximate surface area is 254 Å². The van der Waals surface area contributed by atoms with Crippen LogP contribution in [0.15, 0.2) is 46.0 Å². The molecule has 0 aliphatic carbocycles. The molecule has 2 fully saturated rings. The number of aromatic nitrogens is 1. The first-order chi connectivity index (χ1) is 20.7. The van der Waals surface area contributed by atoms with Crippen molar-refractivity contribution in [2.24, 2.45) is 10.9 Å². The lowest BCUT2D eigenvalue weighted by atomic mass is 9.92. The molecule has 0 radical (unpaired) electrons. The highest BCUT2D eigenvalue weighted by Gasteiger charge is 2.37. The van der Waals surface area contributed by atoms with Gasteiger partial charge in [-0.05, 0) is 50.8 Å². The molecule has 1 aromatic carbocycles. The summed E-state index contributed by atoms with van der Waals surface area (Å²) in [6.07, 6.45) is 2.60. The van der Waals surface area contributed by atoms with Crippen molar-refractivity contribution in [2.75, 3.05) is 45.9 Å². The van der Waals surface area contributed by atoms with Gasteiger partial charge in [0.15, 0.2) is 10.8 Å². The highest BCUT2D eigenvalue weighted by Crippen LogP contribution is 2.35. The summed E-state index contributed by atoms with van der Waals surface area (Å²) in [7, 11) is 0. The van der Waals surface area contributed by atoms with E-state index in [0.717, 1.165) is 0 Å². The number of hydrogen-bond donors (Lipinski definition) is 2. The lowest BCUT2D eigenvalue weighted by molar-refractivity contribution is -0.143. The largest absolute Gasteiger partial charge is 0.481 e. The van der Waals surface area contributed by atoms with Gasteiger partial charge in [0.25, 0.3) is 0 Å². The molecule has 0 unspecified atom stereocenters. The molecule has 2 saturated heterocycles. The second-order valence-corrected chi connectivity index (χ2v) is 12.0. The molecule has 2 aromatic rings. The van der Waals surface area contributed by atoms with Gasteiger partial charge < -0.3 is 25.0 Å². The number of likely N-dealkylation sites (tertiary alicyclic amines) is 1. The number of esters is 1. The summed E-state index contributed by atoms with van der Waals surface area (Å²) >= 11 is 1.41. The second-order valence-electron chi connectivity index (χ2n) is 11.1. The Morgan fingerprint density at radius 3 is 2.60 bits per heavy atom. The van der Waals surface area contributed by atoms with Gasteiger partial charge in [0, 0.05) is 62.6 Å². The van der Waals surface area contributed by atoms with E-state index in [1.54, 1.807) is 37.1 Å². The first-order valence-electron chi connectivity index (χ1n) is 14.6. The van der Waals surface area contributed by atoms with E-state index < -0.39 is 23.9 Å². The quantitative estimate of drug-likeness (QED) is 0.456. The highest BCUT2D eigenvalue weighted by atomic mass is 32.1. The van der Waals surface area contributed by atoms with Gasteiger partial charge in [0.2, 0.25) is 0 Å². The van der Waals surface area contributed by atoms with Crippen molar-refractivity contribution in [2.45, 2.75) is 45.7 Å². The monoisotopic (exact) mass is 612 g/mol. The van der Waals surface area contributed by atoms with Crippen LogP contribution in [0.1, 0.15) is 48.9 Å². The van der Waals surface area contributed by atoms with Gasteiger partial charge in [-0.3, -0.25) is 14.7 Å². The molecule has 2 N–H and O–H groups in total. The van der Waals surface area contributed by atoms with E-state index in [2.05, 4.69) is 15.2 Å². The van der Waals surface area contributed by atoms with Crippen LogP contribution in [0.2, 0.25) is 0 Å². The number of piperidine rings is 1. The Morgan fingerprint density at radius 2 is 1.95 bits per heavy atom. The molecule has 3 aliphatic heterocycles. The number of amidine groups is 1. The van der Waals surface area contributed by atoms with Crippen molar-refractivity contribution in [3.8, 4) is 0 Å². The van der Waals surface area contributed by atoms with Crippen LogP contribution in [0.4, 0.5) is 9.18 Å². The van der Waals surface area contributed by atoms with E-state index in [0.29, 0.717) is 85.4 Å². The number of thiazole rings is 1. The summed E-state index contributed by atoms with van der Waals surface area (Å²) in [4.78, 5) is 53.1. The zero-order valence-corrected chi connectivity index (χ0v) is 25.4. The molecule has 13 heteroatoms. The molecular weight excluding hydrogens is 575 g/mol. The molecule has 230 valence electrons. The van der Waals surface area contributed by atoms with Crippen molar-refractivity contribution in [3.05, 3.63) is 63.0 Å². The van der Waals surface area contributed by atoms with E-state index >= 15 is 0 Å². The van der Waals surface area contributed by atoms with Crippen LogP contribution in [0, 0.1) is 18.7 Å². The molecule has 0 saturated carbocycles. The number of benzene rings is 1. The number of piperazine rings is 1. The number of carboxylic acids is 1. The van der Waals surface area contributed by atoms with Gasteiger partial charge in [-0.2, -0.15) is 0 Å². The zero-order chi connectivity index (χ0) is 30.7. The van der Waals surface area contributed by atoms with Gasteiger partial charge in [-0.15, -0.1) is 11.3 Å². The van der Waals surface area contributed by atoms with Crippen molar-refractivity contribution >= 4 is 35.1 Å². The van der Waals surface area contributed by atoms with Crippen LogP contribution >= 0.6 is 11.3 Å². The van der Waals surface area contributed by atoms with Crippen molar-refractivity contribution in [1.82, 2.24) is 25.0 Å². The predicted molar refractivity (Wildman–Crippen MR) is 159 cm³/mol.